The largest absolute Gasteiger partial charge is 0.497 e. The molecule has 0 radical (unpaired) electrons. The number of halogens is 1. The van der Waals surface area contributed by atoms with Crippen LogP contribution in [0, 0.1) is 0 Å². The summed E-state index contributed by atoms with van der Waals surface area (Å²) < 4.78 is 10.2. The van der Waals surface area contributed by atoms with Crippen LogP contribution in [0.3, 0.4) is 0 Å². The van der Waals surface area contributed by atoms with E-state index in [9.17, 15) is 14.4 Å². The van der Waals surface area contributed by atoms with Gasteiger partial charge in [-0.05, 0) is 79.6 Å². The number of nitrogens with one attached hydrogen (secondary N) is 1. The molecule has 3 aromatic carbocycles. The highest BCUT2D eigenvalue weighted by Gasteiger charge is 2.39. The molecule has 1 heterocycles. The Kier molecular flexibility index (Phi) is 9.62. The van der Waals surface area contributed by atoms with Gasteiger partial charge in [-0.3, -0.25) is 14.5 Å². The van der Waals surface area contributed by atoms with E-state index >= 15 is 0 Å². The summed E-state index contributed by atoms with van der Waals surface area (Å²) in [6, 6.07) is 21.1. The number of methoxy groups -OCH3 is 1. The van der Waals surface area contributed by atoms with Crippen molar-refractivity contribution >= 4 is 57.7 Å². The average Bonchev–Trinajstić information content (AvgIpc) is 3.22. The van der Waals surface area contributed by atoms with E-state index in [1.54, 1.807) is 67.5 Å². The van der Waals surface area contributed by atoms with Gasteiger partial charge in [0.25, 0.3) is 0 Å². The van der Waals surface area contributed by atoms with Crippen molar-refractivity contribution in [3.8, 4) is 5.75 Å². The third-order valence-corrected chi connectivity index (χ3v) is 7.33. The molecule has 10 heteroatoms. The van der Waals surface area contributed by atoms with Gasteiger partial charge in [-0.1, -0.05) is 35.5 Å². The molecule has 3 aromatic rings. The number of esters is 1. The summed E-state index contributed by atoms with van der Waals surface area (Å²) >= 11 is 7.26. The van der Waals surface area contributed by atoms with Crippen LogP contribution in [-0.2, 0) is 20.7 Å². The van der Waals surface area contributed by atoms with Crippen LogP contribution in [0.25, 0.3) is 0 Å². The van der Waals surface area contributed by atoms with Gasteiger partial charge >= 0.3 is 5.97 Å². The van der Waals surface area contributed by atoms with Crippen LogP contribution in [0.2, 0.25) is 5.02 Å². The topological polar surface area (TPSA) is 97.3 Å². The molecular formula is C29H28ClN3O5S. The average molecular weight is 566 g/mol. The number of benzene rings is 3. The van der Waals surface area contributed by atoms with Crippen LogP contribution < -0.4 is 10.1 Å². The number of hydrogen-bond acceptors (Lipinski definition) is 7. The Labute approximate surface area is 236 Å². The predicted molar refractivity (Wildman–Crippen MR) is 154 cm³/mol. The molecule has 0 spiro atoms. The number of carbonyl (C=O) groups is 3. The van der Waals surface area contributed by atoms with Gasteiger partial charge in [0.1, 0.15) is 11.0 Å². The van der Waals surface area contributed by atoms with E-state index in [0.717, 1.165) is 5.56 Å². The Balaban J connectivity index is 1.50. The third kappa shape index (κ3) is 7.61. The maximum absolute atomic E-state index is 13.4. The minimum atomic E-state index is -0.619. The summed E-state index contributed by atoms with van der Waals surface area (Å²) in [4.78, 5) is 44.5. The lowest BCUT2D eigenvalue weighted by Crippen LogP contribution is -2.35. The number of amides is 2. The van der Waals surface area contributed by atoms with Gasteiger partial charge in [0.2, 0.25) is 11.8 Å². The van der Waals surface area contributed by atoms with E-state index < -0.39 is 11.2 Å². The van der Waals surface area contributed by atoms with Gasteiger partial charge in [0.15, 0.2) is 5.17 Å². The fourth-order valence-electron chi connectivity index (χ4n) is 3.87. The molecule has 2 amide bonds. The highest BCUT2D eigenvalue weighted by molar-refractivity contribution is 8.15. The molecule has 39 heavy (non-hydrogen) atoms. The summed E-state index contributed by atoms with van der Waals surface area (Å²) in [6.45, 7) is 2.43. The SMILES string of the molecule is CCOC(=O)c1ccc(N=C2S[C@H](CC(=O)Nc3ccc(OC)cc3)C(=O)N2CCc2ccc(Cl)cc2)cc1. The zero-order chi connectivity index (χ0) is 27.8. The summed E-state index contributed by atoms with van der Waals surface area (Å²) in [5.74, 6) is -0.180. The van der Waals surface area contributed by atoms with Crippen molar-refractivity contribution in [2.24, 2.45) is 4.99 Å². The molecule has 1 fully saturated rings. The quantitative estimate of drug-likeness (QED) is 0.315. The minimum Gasteiger partial charge on any atom is -0.497 e. The lowest BCUT2D eigenvalue weighted by atomic mass is 10.1. The first-order chi connectivity index (χ1) is 18.9. The fraction of sp³-hybridized carbons (Fsp3) is 0.241. The van der Waals surface area contributed by atoms with Gasteiger partial charge in [-0.2, -0.15) is 0 Å². The van der Waals surface area contributed by atoms with Crippen molar-refractivity contribution < 1.29 is 23.9 Å². The van der Waals surface area contributed by atoms with Crippen LogP contribution in [0.1, 0.15) is 29.3 Å². The molecule has 0 aromatic heterocycles. The Morgan fingerprint density at radius 1 is 1.03 bits per heavy atom. The normalized spacial score (nSPS) is 15.9. The number of hydrogen-bond donors (Lipinski definition) is 1. The number of aliphatic imine (C=N–C) groups is 1. The maximum atomic E-state index is 13.4. The Morgan fingerprint density at radius 2 is 1.72 bits per heavy atom. The lowest BCUT2D eigenvalue weighted by Gasteiger charge is -2.16. The van der Waals surface area contributed by atoms with Crippen molar-refractivity contribution in [3.05, 3.63) is 88.9 Å². The van der Waals surface area contributed by atoms with Gasteiger partial charge in [-0.15, -0.1) is 0 Å². The van der Waals surface area contributed by atoms with Crippen molar-refractivity contribution in [2.75, 3.05) is 25.6 Å². The first-order valence-corrected chi connectivity index (χ1v) is 13.6. The van der Waals surface area contributed by atoms with Crippen molar-refractivity contribution in [3.63, 3.8) is 0 Å². The van der Waals surface area contributed by atoms with Crippen LogP contribution >= 0.6 is 23.4 Å². The van der Waals surface area contributed by atoms with E-state index in [-0.39, 0.29) is 24.8 Å². The van der Waals surface area contributed by atoms with Crippen LogP contribution in [0.15, 0.2) is 77.8 Å². The highest BCUT2D eigenvalue weighted by Crippen LogP contribution is 2.32. The molecule has 1 atom stereocenters. The summed E-state index contributed by atoms with van der Waals surface area (Å²) in [5.41, 5.74) is 2.64. The number of carbonyl (C=O) groups excluding carboxylic acids is 3. The fourth-order valence-corrected chi connectivity index (χ4v) is 5.18. The van der Waals surface area contributed by atoms with E-state index in [4.69, 9.17) is 21.1 Å². The monoisotopic (exact) mass is 565 g/mol. The lowest BCUT2D eigenvalue weighted by molar-refractivity contribution is -0.128. The molecule has 202 valence electrons. The summed E-state index contributed by atoms with van der Waals surface area (Å²) in [7, 11) is 1.57. The zero-order valence-electron chi connectivity index (χ0n) is 21.6. The van der Waals surface area contributed by atoms with Gasteiger partial charge in [0.05, 0.1) is 25.0 Å². The Bertz CT molecular complexity index is 1340. The Morgan fingerprint density at radius 3 is 2.36 bits per heavy atom. The molecule has 0 saturated carbocycles. The van der Waals surface area contributed by atoms with Crippen LogP contribution in [0.4, 0.5) is 11.4 Å². The number of amidine groups is 1. The molecule has 1 aliphatic heterocycles. The van der Waals surface area contributed by atoms with Gasteiger partial charge < -0.3 is 14.8 Å². The molecule has 0 aliphatic carbocycles. The molecule has 4 rings (SSSR count). The molecule has 0 bridgehead atoms. The summed E-state index contributed by atoms with van der Waals surface area (Å²) in [5, 5.41) is 3.36. The Hall–Kier alpha value is -3.82. The van der Waals surface area contributed by atoms with Crippen molar-refractivity contribution in [2.45, 2.75) is 25.0 Å². The van der Waals surface area contributed by atoms with E-state index in [1.165, 1.54) is 11.8 Å². The summed E-state index contributed by atoms with van der Waals surface area (Å²) in [6.07, 6.45) is 0.586. The van der Waals surface area contributed by atoms with Gasteiger partial charge in [-0.25, -0.2) is 9.79 Å². The minimum absolute atomic E-state index is 0.00616. The number of ether oxygens (including phenoxy) is 2. The van der Waals surface area contributed by atoms with Crippen LogP contribution in [-0.4, -0.2) is 53.4 Å². The van der Waals surface area contributed by atoms with E-state index in [0.29, 0.717) is 45.8 Å². The van der Waals surface area contributed by atoms with Crippen LogP contribution in [0.5, 0.6) is 5.75 Å². The first-order valence-electron chi connectivity index (χ1n) is 12.4. The van der Waals surface area contributed by atoms with E-state index in [2.05, 4.69) is 10.3 Å². The second kappa shape index (κ2) is 13.3. The number of thioether (sulfide) groups is 1. The smallest absolute Gasteiger partial charge is 0.338 e. The third-order valence-electron chi connectivity index (χ3n) is 5.91. The van der Waals surface area contributed by atoms with Crippen molar-refractivity contribution in [1.29, 1.82) is 0 Å². The van der Waals surface area contributed by atoms with Gasteiger partial charge in [0, 0.05) is 23.7 Å². The highest BCUT2D eigenvalue weighted by atomic mass is 35.5. The van der Waals surface area contributed by atoms with E-state index in [1.807, 2.05) is 24.3 Å². The van der Waals surface area contributed by atoms with Crippen molar-refractivity contribution in [1.82, 2.24) is 4.90 Å². The molecule has 8 nitrogen and oxygen atoms in total. The number of rotatable bonds is 10. The second-order valence-electron chi connectivity index (χ2n) is 8.62. The molecular weight excluding hydrogens is 538 g/mol. The maximum Gasteiger partial charge on any atom is 0.338 e. The first kappa shape index (κ1) is 28.2. The molecule has 1 aliphatic rings. The number of anilines is 1. The standard InChI is InChI=1S/C29H28ClN3O5S/c1-3-38-28(36)20-6-10-23(11-7-20)32-29-33(17-16-19-4-8-21(30)9-5-19)27(35)25(39-29)18-26(34)31-22-12-14-24(37-2)15-13-22/h4-15,25H,3,16-18H2,1-2H3,(H,31,34)/t25-/m1/s1. The number of nitrogens with zero attached hydrogens (tertiary/aromatic N) is 2. The second-order valence-corrected chi connectivity index (χ2v) is 10.2. The molecule has 0 unspecified atom stereocenters. The predicted octanol–water partition coefficient (Wildman–Crippen LogP) is 5.73. The molecule has 1 saturated heterocycles. The zero-order valence-corrected chi connectivity index (χ0v) is 23.1. The molecule has 1 N–H and O–H groups in total.